The highest BCUT2D eigenvalue weighted by Gasteiger charge is 2.22. The Kier molecular flexibility index (Phi) is 6.80. The summed E-state index contributed by atoms with van der Waals surface area (Å²) in [6.07, 6.45) is 2.98. The Bertz CT molecular complexity index is 1060. The lowest BCUT2D eigenvalue weighted by Gasteiger charge is -2.08. The fourth-order valence-corrected chi connectivity index (χ4v) is 3.79. The molecular weight excluding hydrogens is 413 g/mol. The molecule has 2 aromatic carbocycles. The molecule has 0 saturated carbocycles. The van der Waals surface area contributed by atoms with E-state index in [9.17, 15) is 14.0 Å². The van der Waals surface area contributed by atoms with Gasteiger partial charge < -0.3 is 10.1 Å². The van der Waals surface area contributed by atoms with Crippen LogP contribution in [0.15, 0.2) is 60.0 Å². The molecule has 1 N–H and O–H groups in total. The van der Waals surface area contributed by atoms with Crippen molar-refractivity contribution in [1.82, 2.24) is 0 Å². The molecule has 4 nitrogen and oxygen atoms in total. The van der Waals surface area contributed by atoms with E-state index in [2.05, 4.69) is 5.32 Å². The number of ether oxygens (including phenoxy) is 1. The zero-order valence-electron chi connectivity index (χ0n) is 15.4. The first-order valence-corrected chi connectivity index (χ1v) is 10.0. The number of nitrogens with one attached hydrogen (secondary N) is 1. The van der Waals surface area contributed by atoms with E-state index in [-0.39, 0.29) is 18.0 Å². The van der Waals surface area contributed by atoms with Crippen molar-refractivity contribution in [3.63, 3.8) is 0 Å². The maximum atomic E-state index is 13.2. The van der Waals surface area contributed by atoms with Gasteiger partial charge in [0.05, 0.1) is 6.61 Å². The minimum absolute atomic E-state index is 0.194. The second-order valence-electron chi connectivity index (χ2n) is 5.96. The smallest absolute Gasteiger partial charge is 0.341 e. The summed E-state index contributed by atoms with van der Waals surface area (Å²) in [6, 6.07) is 12.8. The highest BCUT2D eigenvalue weighted by Crippen LogP contribution is 2.36. The number of esters is 1. The summed E-state index contributed by atoms with van der Waals surface area (Å²) >= 11 is 7.14. The normalized spacial score (nSPS) is 10.9. The number of hydrogen-bond donors (Lipinski definition) is 1. The van der Waals surface area contributed by atoms with Crippen LogP contribution in [0.3, 0.4) is 0 Å². The number of benzene rings is 2. The minimum Gasteiger partial charge on any atom is -0.462 e. The molecule has 0 saturated heterocycles. The summed E-state index contributed by atoms with van der Waals surface area (Å²) in [5, 5.41) is 5.39. The minimum atomic E-state index is -0.554. The number of anilines is 1. The number of amides is 1. The predicted octanol–water partition coefficient (Wildman–Crippen LogP) is 6.04. The SMILES string of the molecule is CCOC(=O)c1c(-c2ccc(F)cc2)csc1NC(=O)/C=C/c1cccc(Cl)c1. The predicted molar refractivity (Wildman–Crippen MR) is 115 cm³/mol. The molecular formula is C22H17ClFNO3S. The number of thiophene rings is 1. The molecule has 7 heteroatoms. The zero-order valence-corrected chi connectivity index (χ0v) is 17.0. The van der Waals surface area contributed by atoms with Crippen LogP contribution in [0, 0.1) is 5.82 Å². The molecule has 29 heavy (non-hydrogen) atoms. The van der Waals surface area contributed by atoms with E-state index in [1.807, 2.05) is 6.07 Å². The average Bonchev–Trinajstić information content (AvgIpc) is 3.11. The number of carbonyl (C=O) groups excluding carboxylic acids is 2. The molecule has 3 rings (SSSR count). The van der Waals surface area contributed by atoms with Crippen LogP contribution in [0.4, 0.5) is 9.39 Å². The van der Waals surface area contributed by atoms with Crippen LogP contribution in [0.25, 0.3) is 17.2 Å². The molecule has 0 aliphatic rings. The van der Waals surface area contributed by atoms with Gasteiger partial charge in [-0.05, 0) is 48.4 Å². The Balaban J connectivity index is 1.87. The highest BCUT2D eigenvalue weighted by atomic mass is 35.5. The number of rotatable bonds is 6. The molecule has 148 valence electrons. The third-order valence-corrected chi connectivity index (χ3v) is 5.07. The lowest BCUT2D eigenvalue weighted by Crippen LogP contribution is -2.12. The van der Waals surface area contributed by atoms with Crippen LogP contribution in [0.1, 0.15) is 22.8 Å². The van der Waals surface area contributed by atoms with Crippen molar-refractivity contribution in [1.29, 1.82) is 0 Å². The van der Waals surface area contributed by atoms with E-state index >= 15 is 0 Å². The highest BCUT2D eigenvalue weighted by molar-refractivity contribution is 7.15. The molecule has 0 aliphatic carbocycles. The van der Waals surface area contributed by atoms with Gasteiger partial charge in [0.2, 0.25) is 5.91 Å². The third kappa shape index (κ3) is 5.31. The van der Waals surface area contributed by atoms with Gasteiger partial charge in [-0.1, -0.05) is 35.9 Å². The molecule has 0 bridgehead atoms. The summed E-state index contributed by atoms with van der Waals surface area (Å²) in [5.41, 5.74) is 2.24. The second-order valence-corrected chi connectivity index (χ2v) is 7.27. The fourth-order valence-electron chi connectivity index (χ4n) is 2.63. The lowest BCUT2D eigenvalue weighted by molar-refractivity contribution is -0.111. The average molecular weight is 430 g/mol. The van der Waals surface area contributed by atoms with Crippen molar-refractivity contribution in [2.75, 3.05) is 11.9 Å². The second kappa shape index (κ2) is 9.49. The Morgan fingerprint density at radius 3 is 2.66 bits per heavy atom. The topological polar surface area (TPSA) is 55.4 Å². The van der Waals surface area contributed by atoms with Gasteiger partial charge in [-0.15, -0.1) is 11.3 Å². The Hall–Kier alpha value is -2.96. The van der Waals surface area contributed by atoms with Gasteiger partial charge in [0, 0.05) is 22.0 Å². The third-order valence-electron chi connectivity index (χ3n) is 3.94. The molecule has 0 aliphatic heterocycles. The van der Waals surface area contributed by atoms with E-state index in [0.29, 0.717) is 21.2 Å². The monoisotopic (exact) mass is 429 g/mol. The van der Waals surface area contributed by atoms with Crippen molar-refractivity contribution in [3.05, 3.63) is 82.0 Å². The van der Waals surface area contributed by atoms with Crippen LogP contribution in [0.2, 0.25) is 5.02 Å². The molecule has 1 heterocycles. The van der Waals surface area contributed by atoms with Gasteiger partial charge in [-0.25, -0.2) is 9.18 Å². The molecule has 1 amide bonds. The molecule has 0 atom stereocenters. The van der Waals surface area contributed by atoms with Crippen molar-refractivity contribution >= 4 is 45.9 Å². The van der Waals surface area contributed by atoms with Crippen LogP contribution in [-0.2, 0) is 9.53 Å². The Labute approximate surface area is 176 Å². The van der Waals surface area contributed by atoms with E-state index in [1.165, 1.54) is 29.5 Å². The van der Waals surface area contributed by atoms with E-state index in [4.69, 9.17) is 16.3 Å². The van der Waals surface area contributed by atoms with Crippen molar-refractivity contribution in [3.8, 4) is 11.1 Å². The van der Waals surface area contributed by atoms with Crippen molar-refractivity contribution < 1.29 is 18.7 Å². The van der Waals surface area contributed by atoms with Gasteiger partial charge in [-0.3, -0.25) is 4.79 Å². The summed E-state index contributed by atoms with van der Waals surface area (Å²) in [7, 11) is 0. The van der Waals surface area contributed by atoms with E-state index in [1.54, 1.807) is 48.7 Å². The van der Waals surface area contributed by atoms with Gasteiger partial charge in [-0.2, -0.15) is 0 Å². The molecule has 0 unspecified atom stereocenters. The first-order valence-electron chi connectivity index (χ1n) is 8.77. The molecule has 0 spiro atoms. The van der Waals surface area contributed by atoms with Gasteiger partial charge in [0.1, 0.15) is 16.4 Å². The standard InChI is InChI=1S/C22H17ClFNO3S/c1-2-28-22(27)20-18(15-7-9-17(24)10-8-15)13-29-21(20)25-19(26)11-6-14-4-3-5-16(23)12-14/h3-13H,2H2,1H3,(H,25,26)/b11-6+. The summed E-state index contributed by atoms with van der Waals surface area (Å²) < 4.78 is 18.4. The maximum Gasteiger partial charge on any atom is 0.341 e. The number of hydrogen-bond acceptors (Lipinski definition) is 4. The molecule has 0 radical (unpaired) electrons. The summed E-state index contributed by atoms with van der Waals surface area (Å²) in [6.45, 7) is 1.90. The van der Waals surface area contributed by atoms with E-state index in [0.717, 1.165) is 5.56 Å². The summed E-state index contributed by atoms with van der Waals surface area (Å²) in [5.74, 6) is -1.33. The van der Waals surface area contributed by atoms with Gasteiger partial charge in [0.15, 0.2) is 0 Å². The first-order chi connectivity index (χ1) is 14.0. The van der Waals surface area contributed by atoms with Crippen LogP contribution >= 0.6 is 22.9 Å². The van der Waals surface area contributed by atoms with Crippen molar-refractivity contribution in [2.45, 2.75) is 6.92 Å². The van der Waals surface area contributed by atoms with Gasteiger partial charge in [0.25, 0.3) is 0 Å². The van der Waals surface area contributed by atoms with Crippen LogP contribution in [-0.4, -0.2) is 18.5 Å². The molecule has 3 aromatic rings. The number of carbonyl (C=O) groups is 2. The quantitative estimate of drug-likeness (QED) is 0.384. The zero-order chi connectivity index (χ0) is 20.8. The van der Waals surface area contributed by atoms with Crippen molar-refractivity contribution in [2.24, 2.45) is 0 Å². The van der Waals surface area contributed by atoms with Crippen LogP contribution in [0.5, 0.6) is 0 Å². The summed E-state index contributed by atoms with van der Waals surface area (Å²) in [4.78, 5) is 24.9. The van der Waals surface area contributed by atoms with Crippen LogP contribution < -0.4 is 5.32 Å². The lowest BCUT2D eigenvalue weighted by atomic mass is 10.0. The van der Waals surface area contributed by atoms with Gasteiger partial charge >= 0.3 is 5.97 Å². The number of halogens is 2. The first kappa shape index (κ1) is 20.8. The Morgan fingerprint density at radius 1 is 1.21 bits per heavy atom. The largest absolute Gasteiger partial charge is 0.462 e. The Morgan fingerprint density at radius 2 is 1.97 bits per heavy atom. The maximum absolute atomic E-state index is 13.2. The fraction of sp³-hybridized carbons (Fsp3) is 0.0909. The molecule has 1 aromatic heterocycles. The molecule has 0 fully saturated rings. The van der Waals surface area contributed by atoms with E-state index < -0.39 is 11.9 Å².